The van der Waals surface area contributed by atoms with E-state index in [1.54, 1.807) is 0 Å². The lowest BCUT2D eigenvalue weighted by Crippen LogP contribution is -2.42. The van der Waals surface area contributed by atoms with Crippen molar-refractivity contribution in [2.75, 3.05) is 13.7 Å². The van der Waals surface area contributed by atoms with E-state index in [-0.39, 0.29) is 18.6 Å². The van der Waals surface area contributed by atoms with Gasteiger partial charge in [0.1, 0.15) is 12.4 Å². The van der Waals surface area contributed by atoms with Gasteiger partial charge in [-0.05, 0) is 35.9 Å². The minimum atomic E-state index is -0.311. The number of esters is 1. The fourth-order valence-corrected chi connectivity index (χ4v) is 4.15. The molecule has 0 aliphatic carbocycles. The standard InChI is InChI=1S/C23H18Br2N2O2/c1-29-21(28)14-27-22(15-5-3-2-4-6-15)19-13-18(25)11-12-20(19)26-23(27)16-7-9-17(24)10-8-16/h2-13,22H,14H2,1H3/t22-/m0/s1. The van der Waals surface area contributed by atoms with Crippen molar-refractivity contribution in [3.8, 4) is 0 Å². The Morgan fingerprint density at radius 1 is 1.00 bits per heavy atom. The van der Waals surface area contributed by atoms with Crippen molar-refractivity contribution in [2.45, 2.75) is 6.04 Å². The molecule has 0 N–H and O–H groups in total. The number of aliphatic imine (C=N–C) groups is 1. The number of amidine groups is 1. The van der Waals surface area contributed by atoms with Crippen LogP contribution in [0.3, 0.4) is 0 Å². The summed E-state index contributed by atoms with van der Waals surface area (Å²) in [6, 6.07) is 24.0. The second-order valence-electron chi connectivity index (χ2n) is 6.66. The van der Waals surface area contributed by atoms with Crippen molar-refractivity contribution in [1.82, 2.24) is 4.90 Å². The SMILES string of the molecule is COC(=O)CN1C(c2ccc(Br)cc2)=Nc2ccc(Br)cc2[C@@H]1c1ccccc1. The van der Waals surface area contributed by atoms with Gasteiger partial charge in [-0.25, -0.2) is 4.99 Å². The Kier molecular flexibility index (Phi) is 5.83. The van der Waals surface area contributed by atoms with Crippen molar-refractivity contribution >= 4 is 49.4 Å². The van der Waals surface area contributed by atoms with Crippen LogP contribution in [0.1, 0.15) is 22.7 Å². The van der Waals surface area contributed by atoms with E-state index in [4.69, 9.17) is 9.73 Å². The Labute approximate surface area is 186 Å². The summed E-state index contributed by atoms with van der Waals surface area (Å²) in [5, 5.41) is 0. The highest BCUT2D eigenvalue weighted by atomic mass is 79.9. The molecule has 6 heteroatoms. The number of carbonyl (C=O) groups is 1. The summed E-state index contributed by atoms with van der Waals surface area (Å²) in [5.74, 6) is 0.431. The molecule has 4 rings (SSSR count). The molecule has 4 nitrogen and oxygen atoms in total. The summed E-state index contributed by atoms with van der Waals surface area (Å²) >= 11 is 7.06. The molecule has 0 fully saturated rings. The van der Waals surface area contributed by atoms with Crippen molar-refractivity contribution in [3.05, 3.63) is 98.4 Å². The number of benzene rings is 3. The van der Waals surface area contributed by atoms with Gasteiger partial charge in [-0.1, -0.05) is 74.3 Å². The fraction of sp³-hybridized carbons (Fsp3) is 0.130. The van der Waals surface area contributed by atoms with Crippen LogP contribution < -0.4 is 0 Å². The number of rotatable bonds is 4. The topological polar surface area (TPSA) is 41.9 Å². The number of fused-ring (bicyclic) bond motifs is 1. The predicted molar refractivity (Wildman–Crippen MR) is 121 cm³/mol. The molecule has 3 aromatic rings. The van der Waals surface area contributed by atoms with Crippen molar-refractivity contribution in [1.29, 1.82) is 0 Å². The summed E-state index contributed by atoms with van der Waals surface area (Å²) in [6.45, 7) is 0.0942. The van der Waals surface area contributed by atoms with Gasteiger partial charge >= 0.3 is 5.97 Å². The Hall–Kier alpha value is -2.44. The number of nitrogens with zero attached hydrogens (tertiary/aromatic N) is 2. The van der Waals surface area contributed by atoms with Gasteiger partial charge in [0.05, 0.1) is 18.8 Å². The largest absolute Gasteiger partial charge is 0.468 e. The minimum Gasteiger partial charge on any atom is -0.468 e. The lowest BCUT2D eigenvalue weighted by Gasteiger charge is -2.38. The molecule has 1 heterocycles. The van der Waals surface area contributed by atoms with E-state index >= 15 is 0 Å². The zero-order valence-electron chi connectivity index (χ0n) is 15.7. The fourth-order valence-electron chi connectivity index (χ4n) is 3.51. The molecule has 0 aromatic heterocycles. The third-order valence-electron chi connectivity index (χ3n) is 4.84. The van der Waals surface area contributed by atoms with Crippen LogP contribution in [0.15, 0.2) is 86.7 Å². The molecule has 0 spiro atoms. The first kappa shape index (κ1) is 19.9. The number of methoxy groups -OCH3 is 1. The highest BCUT2D eigenvalue weighted by Gasteiger charge is 2.33. The van der Waals surface area contributed by atoms with E-state index in [0.717, 1.165) is 37.2 Å². The summed E-state index contributed by atoms with van der Waals surface area (Å²) < 4.78 is 6.96. The molecule has 1 aliphatic rings. The molecular weight excluding hydrogens is 496 g/mol. The number of hydrogen-bond donors (Lipinski definition) is 0. The van der Waals surface area contributed by atoms with Gasteiger partial charge in [0.15, 0.2) is 0 Å². The number of ether oxygens (including phenoxy) is 1. The minimum absolute atomic E-state index is 0.0942. The van der Waals surface area contributed by atoms with E-state index in [0.29, 0.717) is 0 Å². The first-order valence-electron chi connectivity index (χ1n) is 9.09. The van der Waals surface area contributed by atoms with Gasteiger partial charge in [-0.3, -0.25) is 4.79 Å². The first-order chi connectivity index (χ1) is 14.1. The zero-order chi connectivity index (χ0) is 20.4. The van der Waals surface area contributed by atoms with Crippen LogP contribution in [0.5, 0.6) is 0 Å². The van der Waals surface area contributed by atoms with E-state index in [1.165, 1.54) is 7.11 Å². The number of carbonyl (C=O) groups excluding carboxylic acids is 1. The molecular formula is C23H18Br2N2O2. The lowest BCUT2D eigenvalue weighted by atomic mass is 9.93. The number of hydrogen-bond acceptors (Lipinski definition) is 4. The zero-order valence-corrected chi connectivity index (χ0v) is 18.9. The molecule has 1 aliphatic heterocycles. The molecule has 0 radical (unpaired) electrons. The summed E-state index contributed by atoms with van der Waals surface area (Å²) in [5.41, 5.74) is 3.95. The summed E-state index contributed by atoms with van der Waals surface area (Å²) in [6.07, 6.45) is 0. The average Bonchev–Trinajstić information content (AvgIpc) is 2.74. The van der Waals surface area contributed by atoms with Crippen molar-refractivity contribution in [3.63, 3.8) is 0 Å². The monoisotopic (exact) mass is 512 g/mol. The smallest absolute Gasteiger partial charge is 0.325 e. The summed E-state index contributed by atoms with van der Waals surface area (Å²) in [7, 11) is 1.41. The molecule has 0 saturated heterocycles. The average molecular weight is 514 g/mol. The molecule has 0 bridgehead atoms. The maximum atomic E-state index is 12.3. The van der Waals surface area contributed by atoms with Crippen LogP contribution in [0.2, 0.25) is 0 Å². The molecule has 0 amide bonds. The highest BCUT2D eigenvalue weighted by molar-refractivity contribution is 9.10. The van der Waals surface area contributed by atoms with Crippen LogP contribution >= 0.6 is 31.9 Å². The Bertz CT molecular complexity index is 1070. The third-order valence-corrected chi connectivity index (χ3v) is 5.86. The molecule has 0 saturated carbocycles. The van der Waals surface area contributed by atoms with Gasteiger partial charge in [-0.2, -0.15) is 0 Å². The molecule has 29 heavy (non-hydrogen) atoms. The first-order valence-corrected chi connectivity index (χ1v) is 10.7. The second kappa shape index (κ2) is 8.51. The molecule has 1 atom stereocenters. The van der Waals surface area contributed by atoms with E-state index in [2.05, 4.69) is 50.1 Å². The quantitative estimate of drug-likeness (QED) is 0.410. The lowest BCUT2D eigenvalue weighted by molar-refractivity contribution is -0.141. The van der Waals surface area contributed by atoms with Crippen LogP contribution in [0, 0.1) is 0 Å². The Balaban J connectivity index is 1.94. The molecule has 3 aromatic carbocycles. The Morgan fingerprint density at radius 3 is 2.38 bits per heavy atom. The number of halogens is 2. The van der Waals surface area contributed by atoms with Crippen LogP contribution in [0.4, 0.5) is 5.69 Å². The van der Waals surface area contributed by atoms with E-state index < -0.39 is 0 Å². The normalized spacial score (nSPS) is 15.5. The van der Waals surface area contributed by atoms with Crippen molar-refractivity contribution in [2.24, 2.45) is 4.99 Å². The van der Waals surface area contributed by atoms with Crippen molar-refractivity contribution < 1.29 is 9.53 Å². The van der Waals surface area contributed by atoms with Gasteiger partial charge < -0.3 is 9.64 Å². The van der Waals surface area contributed by atoms with Gasteiger partial charge in [-0.15, -0.1) is 0 Å². The van der Waals surface area contributed by atoms with Gasteiger partial charge in [0.25, 0.3) is 0 Å². The van der Waals surface area contributed by atoms with Gasteiger partial charge in [0.2, 0.25) is 0 Å². The summed E-state index contributed by atoms with van der Waals surface area (Å²) in [4.78, 5) is 19.3. The van der Waals surface area contributed by atoms with Crippen LogP contribution in [0.25, 0.3) is 0 Å². The third kappa shape index (κ3) is 4.14. The van der Waals surface area contributed by atoms with Crippen LogP contribution in [-0.2, 0) is 9.53 Å². The maximum absolute atomic E-state index is 12.3. The Morgan fingerprint density at radius 2 is 1.69 bits per heavy atom. The molecule has 0 unspecified atom stereocenters. The second-order valence-corrected chi connectivity index (χ2v) is 8.49. The van der Waals surface area contributed by atoms with Gasteiger partial charge in [0, 0.05) is 20.1 Å². The molecule has 146 valence electrons. The van der Waals surface area contributed by atoms with E-state index in [1.807, 2.05) is 59.5 Å². The predicted octanol–water partition coefficient (Wildman–Crippen LogP) is 5.87. The maximum Gasteiger partial charge on any atom is 0.325 e. The highest BCUT2D eigenvalue weighted by Crippen LogP contribution is 2.41. The van der Waals surface area contributed by atoms with E-state index in [9.17, 15) is 4.79 Å². The van der Waals surface area contributed by atoms with Crippen LogP contribution in [-0.4, -0.2) is 30.4 Å².